The van der Waals surface area contributed by atoms with Crippen LogP contribution in [-0.2, 0) is 4.79 Å². The largest absolute Gasteiger partial charge is 0.388 e. The molecule has 0 spiro atoms. The van der Waals surface area contributed by atoms with E-state index in [2.05, 4.69) is 5.32 Å². The van der Waals surface area contributed by atoms with Crippen LogP contribution in [0, 0.1) is 17.6 Å². The van der Waals surface area contributed by atoms with Crippen LogP contribution in [0.15, 0.2) is 18.2 Å². The molecule has 3 rings (SSSR count). The highest BCUT2D eigenvalue weighted by Crippen LogP contribution is 2.48. The van der Waals surface area contributed by atoms with E-state index in [-0.39, 0.29) is 24.3 Å². The highest BCUT2D eigenvalue weighted by Gasteiger charge is 2.45. The van der Waals surface area contributed by atoms with Gasteiger partial charge in [-0.25, -0.2) is 8.78 Å². The highest BCUT2D eigenvalue weighted by atomic mass is 19.1. The van der Waals surface area contributed by atoms with Crippen molar-refractivity contribution in [3.05, 3.63) is 35.4 Å². The van der Waals surface area contributed by atoms with E-state index in [1.54, 1.807) is 0 Å². The summed E-state index contributed by atoms with van der Waals surface area (Å²) >= 11 is 0. The molecule has 5 heteroatoms. The Bertz CT molecular complexity index is 570. The second-order valence-corrected chi connectivity index (χ2v) is 6.62. The van der Waals surface area contributed by atoms with Crippen molar-refractivity contribution >= 4 is 5.91 Å². The zero-order valence-electron chi connectivity index (χ0n) is 12.4. The Morgan fingerprint density at radius 2 is 2.00 bits per heavy atom. The SMILES string of the molecule is O=C(NCC1(O)CCCCC1)C1CC1c1ccc(F)cc1F. The molecule has 2 aliphatic rings. The van der Waals surface area contributed by atoms with Crippen molar-refractivity contribution in [2.24, 2.45) is 5.92 Å². The zero-order valence-corrected chi connectivity index (χ0v) is 12.4. The van der Waals surface area contributed by atoms with Crippen molar-refractivity contribution in [1.29, 1.82) is 0 Å². The molecule has 1 aromatic carbocycles. The van der Waals surface area contributed by atoms with Gasteiger partial charge in [0.15, 0.2) is 0 Å². The molecule has 2 N–H and O–H groups in total. The van der Waals surface area contributed by atoms with Crippen molar-refractivity contribution in [2.75, 3.05) is 6.54 Å². The van der Waals surface area contributed by atoms with Gasteiger partial charge in [0.05, 0.1) is 5.60 Å². The van der Waals surface area contributed by atoms with E-state index in [9.17, 15) is 18.7 Å². The van der Waals surface area contributed by atoms with Crippen LogP contribution in [0.5, 0.6) is 0 Å². The molecular weight excluding hydrogens is 288 g/mol. The molecule has 2 aliphatic carbocycles. The molecule has 0 heterocycles. The van der Waals surface area contributed by atoms with Gasteiger partial charge in [-0.2, -0.15) is 0 Å². The standard InChI is InChI=1S/C17H21F2NO2/c18-11-4-5-12(15(19)8-11)13-9-14(13)16(21)20-10-17(22)6-2-1-3-7-17/h4-5,8,13-14,22H,1-3,6-7,9-10H2,(H,20,21). The Morgan fingerprint density at radius 3 is 2.68 bits per heavy atom. The lowest BCUT2D eigenvalue weighted by molar-refractivity contribution is -0.124. The van der Waals surface area contributed by atoms with Gasteiger partial charge in [-0.3, -0.25) is 4.79 Å². The molecule has 0 bridgehead atoms. The van der Waals surface area contributed by atoms with Gasteiger partial charge in [0.1, 0.15) is 11.6 Å². The van der Waals surface area contributed by atoms with E-state index < -0.39 is 17.2 Å². The van der Waals surface area contributed by atoms with Gasteiger partial charge < -0.3 is 10.4 Å². The van der Waals surface area contributed by atoms with Crippen LogP contribution in [-0.4, -0.2) is 23.2 Å². The quantitative estimate of drug-likeness (QED) is 0.898. The first-order valence-electron chi connectivity index (χ1n) is 7.94. The summed E-state index contributed by atoms with van der Waals surface area (Å²) in [6.45, 7) is 0.265. The van der Waals surface area contributed by atoms with Crippen LogP contribution >= 0.6 is 0 Å². The van der Waals surface area contributed by atoms with E-state index in [0.29, 0.717) is 24.8 Å². The average Bonchev–Trinajstić information content (AvgIpc) is 3.26. The van der Waals surface area contributed by atoms with Gasteiger partial charge >= 0.3 is 0 Å². The van der Waals surface area contributed by atoms with Gasteiger partial charge in [-0.05, 0) is 36.8 Å². The van der Waals surface area contributed by atoms with Crippen LogP contribution in [0.25, 0.3) is 0 Å². The first-order chi connectivity index (χ1) is 10.5. The number of hydrogen-bond acceptors (Lipinski definition) is 2. The maximum absolute atomic E-state index is 13.7. The van der Waals surface area contributed by atoms with Gasteiger partial charge in [0, 0.05) is 18.5 Å². The fraction of sp³-hybridized carbons (Fsp3) is 0.588. The molecule has 2 saturated carbocycles. The summed E-state index contributed by atoms with van der Waals surface area (Å²) < 4.78 is 26.6. The molecule has 0 radical (unpaired) electrons. The van der Waals surface area contributed by atoms with E-state index >= 15 is 0 Å². The first-order valence-corrected chi connectivity index (χ1v) is 7.94. The fourth-order valence-electron chi connectivity index (χ4n) is 3.40. The third-order valence-electron chi connectivity index (χ3n) is 4.87. The molecule has 0 aliphatic heterocycles. The number of carbonyl (C=O) groups excluding carboxylic acids is 1. The van der Waals surface area contributed by atoms with Crippen LogP contribution in [0.3, 0.4) is 0 Å². The normalized spacial score (nSPS) is 26.5. The van der Waals surface area contributed by atoms with E-state index in [1.807, 2.05) is 0 Å². The highest BCUT2D eigenvalue weighted by molar-refractivity contribution is 5.83. The molecule has 2 fully saturated rings. The van der Waals surface area contributed by atoms with E-state index in [4.69, 9.17) is 0 Å². The molecule has 2 atom stereocenters. The number of rotatable bonds is 4. The van der Waals surface area contributed by atoms with Gasteiger partial charge in [-0.15, -0.1) is 0 Å². The van der Waals surface area contributed by atoms with Crippen LogP contribution in [0.1, 0.15) is 50.0 Å². The third-order valence-corrected chi connectivity index (χ3v) is 4.87. The average molecular weight is 309 g/mol. The van der Waals surface area contributed by atoms with Gasteiger partial charge in [0.25, 0.3) is 0 Å². The minimum Gasteiger partial charge on any atom is -0.388 e. The monoisotopic (exact) mass is 309 g/mol. The van der Waals surface area contributed by atoms with Crippen LogP contribution < -0.4 is 5.32 Å². The Labute approximate surface area is 128 Å². The molecule has 1 aromatic rings. The molecule has 2 unspecified atom stereocenters. The second kappa shape index (κ2) is 5.95. The summed E-state index contributed by atoms with van der Waals surface area (Å²) in [7, 11) is 0. The number of amides is 1. The minimum absolute atomic E-state index is 0.146. The van der Waals surface area contributed by atoms with Gasteiger partial charge in [-0.1, -0.05) is 25.3 Å². The van der Waals surface area contributed by atoms with Crippen LogP contribution in [0.2, 0.25) is 0 Å². The molecular formula is C17H21F2NO2. The number of halogens is 2. The van der Waals surface area contributed by atoms with Crippen molar-refractivity contribution in [1.82, 2.24) is 5.32 Å². The second-order valence-electron chi connectivity index (χ2n) is 6.62. The molecule has 22 heavy (non-hydrogen) atoms. The molecule has 3 nitrogen and oxygen atoms in total. The van der Waals surface area contributed by atoms with E-state index in [0.717, 1.165) is 25.3 Å². The Kier molecular flexibility index (Phi) is 4.17. The number of aliphatic hydroxyl groups is 1. The summed E-state index contributed by atoms with van der Waals surface area (Å²) in [5.74, 6) is -1.80. The number of carbonyl (C=O) groups is 1. The molecule has 120 valence electrons. The summed E-state index contributed by atoms with van der Waals surface area (Å²) in [5.41, 5.74) is -0.391. The van der Waals surface area contributed by atoms with Crippen molar-refractivity contribution in [2.45, 2.75) is 50.0 Å². The maximum Gasteiger partial charge on any atom is 0.223 e. The Balaban J connectivity index is 1.54. The van der Waals surface area contributed by atoms with Gasteiger partial charge in [0.2, 0.25) is 5.91 Å². The number of nitrogens with one attached hydrogen (secondary N) is 1. The Morgan fingerprint density at radius 1 is 1.27 bits per heavy atom. The van der Waals surface area contributed by atoms with Crippen molar-refractivity contribution in [3.63, 3.8) is 0 Å². The predicted molar refractivity (Wildman–Crippen MR) is 78.3 cm³/mol. The molecule has 0 aromatic heterocycles. The first kappa shape index (κ1) is 15.4. The third kappa shape index (κ3) is 3.29. The number of hydrogen-bond donors (Lipinski definition) is 2. The van der Waals surface area contributed by atoms with Crippen molar-refractivity contribution in [3.8, 4) is 0 Å². The van der Waals surface area contributed by atoms with Crippen molar-refractivity contribution < 1.29 is 18.7 Å². The predicted octanol–water partition coefficient (Wildman–Crippen LogP) is 2.88. The zero-order chi connectivity index (χ0) is 15.7. The smallest absolute Gasteiger partial charge is 0.223 e. The Hall–Kier alpha value is -1.49. The lowest BCUT2D eigenvalue weighted by Gasteiger charge is -2.32. The number of benzene rings is 1. The summed E-state index contributed by atoms with van der Waals surface area (Å²) in [6.07, 6.45) is 5.11. The minimum atomic E-state index is -0.792. The topological polar surface area (TPSA) is 49.3 Å². The maximum atomic E-state index is 13.7. The lowest BCUT2D eigenvalue weighted by Crippen LogP contribution is -2.44. The molecule has 0 saturated heterocycles. The summed E-state index contributed by atoms with van der Waals surface area (Å²) in [5, 5.41) is 13.2. The molecule has 1 amide bonds. The fourth-order valence-corrected chi connectivity index (χ4v) is 3.40. The summed E-state index contributed by atoms with van der Waals surface area (Å²) in [6, 6.07) is 3.49. The van der Waals surface area contributed by atoms with Crippen LogP contribution in [0.4, 0.5) is 8.78 Å². The van der Waals surface area contributed by atoms with E-state index in [1.165, 1.54) is 12.1 Å². The lowest BCUT2D eigenvalue weighted by atomic mass is 9.85. The summed E-state index contributed by atoms with van der Waals surface area (Å²) in [4.78, 5) is 12.1.